The molecule has 1 aliphatic heterocycles. The SMILES string of the molecule is Cl.Cl.O=C(CCn1ccnc1)N[C@@H]1CCCNC1. The normalized spacial score (nSPS) is 18.3. The van der Waals surface area contributed by atoms with Crippen molar-refractivity contribution in [2.24, 2.45) is 0 Å². The van der Waals surface area contributed by atoms with Gasteiger partial charge in [0.1, 0.15) is 0 Å². The second-order valence-electron chi connectivity index (χ2n) is 4.16. The molecule has 1 atom stereocenters. The van der Waals surface area contributed by atoms with Crippen LogP contribution >= 0.6 is 24.8 Å². The highest BCUT2D eigenvalue weighted by atomic mass is 35.5. The van der Waals surface area contributed by atoms with E-state index in [1.165, 1.54) is 0 Å². The maximum absolute atomic E-state index is 11.6. The number of nitrogens with zero attached hydrogens (tertiary/aromatic N) is 2. The molecule has 1 aliphatic rings. The molecule has 0 spiro atoms. The summed E-state index contributed by atoms with van der Waals surface area (Å²) in [4.78, 5) is 15.6. The second kappa shape index (κ2) is 9.19. The van der Waals surface area contributed by atoms with Crippen LogP contribution in [0.1, 0.15) is 19.3 Å². The van der Waals surface area contributed by atoms with Gasteiger partial charge < -0.3 is 15.2 Å². The fourth-order valence-corrected chi connectivity index (χ4v) is 1.92. The van der Waals surface area contributed by atoms with E-state index in [9.17, 15) is 4.79 Å². The molecule has 0 saturated carbocycles. The zero-order valence-electron chi connectivity index (χ0n) is 10.2. The summed E-state index contributed by atoms with van der Waals surface area (Å²) >= 11 is 0. The first kappa shape index (κ1) is 17.2. The summed E-state index contributed by atoms with van der Waals surface area (Å²) in [7, 11) is 0. The average Bonchev–Trinajstić information content (AvgIpc) is 2.81. The molecule has 2 N–H and O–H groups in total. The van der Waals surface area contributed by atoms with Gasteiger partial charge in [0.2, 0.25) is 5.91 Å². The number of rotatable bonds is 4. The van der Waals surface area contributed by atoms with Crippen LogP contribution in [0.3, 0.4) is 0 Å². The van der Waals surface area contributed by atoms with E-state index in [0.29, 0.717) is 19.0 Å². The fourth-order valence-electron chi connectivity index (χ4n) is 1.92. The van der Waals surface area contributed by atoms with E-state index in [1.54, 1.807) is 12.5 Å². The zero-order chi connectivity index (χ0) is 11.2. The summed E-state index contributed by atoms with van der Waals surface area (Å²) in [5, 5.41) is 6.33. The minimum atomic E-state index is 0. The van der Waals surface area contributed by atoms with E-state index >= 15 is 0 Å². The molecule has 2 rings (SSSR count). The quantitative estimate of drug-likeness (QED) is 0.871. The van der Waals surface area contributed by atoms with Crippen molar-refractivity contribution >= 4 is 30.7 Å². The molecule has 0 radical (unpaired) electrons. The highest BCUT2D eigenvalue weighted by Crippen LogP contribution is 2.01. The number of aryl methyl sites for hydroxylation is 1. The number of halogens is 2. The van der Waals surface area contributed by atoms with Gasteiger partial charge >= 0.3 is 0 Å². The highest BCUT2D eigenvalue weighted by molar-refractivity contribution is 5.85. The molecule has 18 heavy (non-hydrogen) atoms. The lowest BCUT2D eigenvalue weighted by Crippen LogP contribution is -2.45. The molecule has 5 nitrogen and oxygen atoms in total. The van der Waals surface area contributed by atoms with Crippen molar-refractivity contribution in [3.63, 3.8) is 0 Å². The Labute approximate surface area is 120 Å². The van der Waals surface area contributed by atoms with Gasteiger partial charge in [0.05, 0.1) is 6.33 Å². The van der Waals surface area contributed by atoms with Crippen LogP contribution in [-0.4, -0.2) is 34.6 Å². The zero-order valence-corrected chi connectivity index (χ0v) is 11.8. The number of nitrogens with one attached hydrogen (secondary N) is 2. The smallest absolute Gasteiger partial charge is 0.222 e. The topological polar surface area (TPSA) is 59.0 Å². The van der Waals surface area contributed by atoms with Crippen molar-refractivity contribution in [1.82, 2.24) is 20.2 Å². The number of hydrogen-bond acceptors (Lipinski definition) is 3. The van der Waals surface area contributed by atoms with Crippen molar-refractivity contribution in [1.29, 1.82) is 0 Å². The number of carbonyl (C=O) groups excluding carboxylic acids is 1. The lowest BCUT2D eigenvalue weighted by atomic mass is 10.1. The molecule has 1 amide bonds. The number of piperidine rings is 1. The van der Waals surface area contributed by atoms with E-state index in [4.69, 9.17) is 0 Å². The van der Waals surface area contributed by atoms with Crippen molar-refractivity contribution in [3.05, 3.63) is 18.7 Å². The molecule has 0 bridgehead atoms. The molecule has 1 fully saturated rings. The minimum Gasteiger partial charge on any atom is -0.352 e. The van der Waals surface area contributed by atoms with Crippen molar-refractivity contribution < 1.29 is 4.79 Å². The van der Waals surface area contributed by atoms with Crippen LogP contribution in [0.4, 0.5) is 0 Å². The predicted molar refractivity (Wildman–Crippen MR) is 75.4 cm³/mol. The van der Waals surface area contributed by atoms with Crippen molar-refractivity contribution in [3.8, 4) is 0 Å². The second-order valence-corrected chi connectivity index (χ2v) is 4.16. The Balaban J connectivity index is 0.00000144. The maximum atomic E-state index is 11.6. The average molecular weight is 295 g/mol. The van der Waals surface area contributed by atoms with Crippen molar-refractivity contribution in [2.45, 2.75) is 31.8 Å². The lowest BCUT2D eigenvalue weighted by Gasteiger charge is -2.23. The summed E-state index contributed by atoms with van der Waals surface area (Å²) in [5.74, 6) is 0.127. The lowest BCUT2D eigenvalue weighted by molar-refractivity contribution is -0.122. The van der Waals surface area contributed by atoms with Crippen LogP contribution in [0.2, 0.25) is 0 Å². The third-order valence-electron chi connectivity index (χ3n) is 2.82. The van der Waals surface area contributed by atoms with Crippen LogP contribution in [0.5, 0.6) is 0 Å². The van der Waals surface area contributed by atoms with E-state index in [-0.39, 0.29) is 30.7 Å². The predicted octanol–water partition coefficient (Wildman–Crippen LogP) is 0.985. The van der Waals surface area contributed by atoms with Crippen LogP contribution < -0.4 is 10.6 Å². The van der Waals surface area contributed by atoms with E-state index in [2.05, 4.69) is 15.6 Å². The highest BCUT2D eigenvalue weighted by Gasteiger charge is 2.14. The van der Waals surface area contributed by atoms with Gasteiger partial charge in [-0.25, -0.2) is 4.98 Å². The summed E-state index contributed by atoms with van der Waals surface area (Å²) < 4.78 is 1.92. The Kier molecular flexibility index (Phi) is 8.79. The first-order valence-electron chi connectivity index (χ1n) is 5.80. The Morgan fingerprint density at radius 3 is 2.94 bits per heavy atom. The molecule has 1 aromatic rings. The number of carbonyl (C=O) groups is 1. The summed E-state index contributed by atoms with van der Waals surface area (Å²) in [6.45, 7) is 2.67. The molecule has 1 saturated heterocycles. The summed E-state index contributed by atoms with van der Waals surface area (Å²) in [5.41, 5.74) is 0. The third kappa shape index (κ3) is 5.71. The fraction of sp³-hybridized carbons (Fsp3) is 0.636. The molecule has 1 aromatic heterocycles. The molecule has 0 unspecified atom stereocenters. The maximum Gasteiger partial charge on any atom is 0.222 e. The first-order chi connectivity index (χ1) is 7.84. The van der Waals surface area contributed by atoms with Gasteiger partial charge in [-0.15, -0.1) is 24.8 Å². The summed E-state index contributed by atoms with van der Waals surface area (Å²) in [6, 6.07) is 0.309. The standard InChI is InChI=1S/C11H18N4O.2ClH/c16-11(3-6-15-7-5-13-9-15)14-10-2-1-4-12-8-10;;/h5,7,9-10,12H,1-4,6,8H2,(H,14,16);2*1H/t10-;;/m1../s1. The largest absolute Gasteiger partial charge is 0.352 e. The van der Waals surface area contributed by atoms with Gasteiger partial charge in [-0.05, 0) is 19.4 Å². The molecule has 0 aromatic carbocycles. The number of hydrogen-bond donors (Lipinski definition) is 2. The van der Waals surface area contributed by atoms with Crippen LogP contribution in [-0.2, 0) is 11.3 Å². The molecule has 104 valence electrons. The van der Waals surface area contributed by atoms with Crippen LogP contribution in [0, 0.1) is 0 Å². The number of imidazole rings is 1. The Morgan fingerprint density at radius 1 is 1.50 bits per heavy atom. The Bertz CT molecular complexity index is 326. The van der Waals surface area contributed by atoms with E-state index in [1.807, 2.05) is 10.8 Å². The molecular formula is C11H20Cl2N4O. The number of amides is 1. The van der Waals surface area contributed by atoms with E-state index in [0.717, 1.165) is 25.9 Å². The van der Waals surface area contributed by atoms with Gasteiger partial charge in [-0.2, -0.15) is 0 Å². The molecular weight excluding hydrogens is 275 g/mol. The monoisotopic (exact) mass is 294 g/mol. The summed E-state index contributed by atoms with van der Waals surface area (Å²) in [6.07, 6.45) is 8.08. The number of aromatic nitrogens is 2. The van der Waals surface area contributed by atoms with Gasteiger partial charge in [-0.1, -0.05) is 0 Å². The molecule has 0 aliphatic carbocycles. The van der Waals surface area contributed by atoms with Gasteiger partial charge in [0, 0.05) is 37.9 Å². The molecule has 7 heteroatoms. The van der Waals surface area contributed by atoms with Crippen LogP contribution in [0.15, 0.2) is 18.7 Å². The Morgan fingerprint density at radius 2 is 2.33 bits per heavy atom. The van der Waals surface area contributed by atoms with Gasteiger partial charge in [0.15, 0.2) is 0 Å². The molecule has 2 heterocycles. The third-order valence-corrected chi connectivity index (χ3v) is 2.82. The van der Waals surface area contributed by atoms with E-state index < -0.39 is 0 Å². The Hall–Kier alpha value is -0.780. The minimum absolute atomic E-state index is 0. The van der Waals surface area contributed by atoms with Crippen LogP contribution in [0.25, 0.3) is 0 Å². The first-order valence-corrected chi connectivity index (χ1v) is 5.80. The van der Waals surface area contributed by atoms with Gasteiger partial charge in [-0.3, -0.25) is 4.79 Å². The van der Waals surface area contributed by atoms with Gasteiger partial charge in [0.25, 0.3) is 0 Å². The van der Waals surface area contributed by atoms with Crippen molar-refractivity contribution in [2.75, 3.05) is 13.1 Å².